The number of benzene rings is 1. The van der Waals surface area contributed by atoms with Gasteiger partial charge in [0.05, 0.1) is 19.3 Å². The Morgan fingerprint density at radius 3 is 2.89 bits per heavy atom. The molecule has 0 heterocycles. The van der Waals surface area contributed by atoms with E-state index < -0.39 is 6.10 Å². The third-order valence-electron chi connectivity index (χ3n) is 4.29. The van der Waals surface area contributed by atoms with Gasteiger partial charge in [0.25, 0.3) is 5.91 Å². The van der Waals surface area contributed by atoms with Crippen LogP contribution in [-0.4, -0.2) is 63.0 Å². The van der Waals surface area contributed by atoms with Crippen molar-refractivity contribution in [3.05, 3.63) is 35.4 Å². The maximum absolute atomic E-state index is 11.7. The number of amides is 1. The molecule has 1 aliphatic rings. The first-order valence-corrected chi connectivity index (χ1v) is 9.71. The summed E-state index contributed by atoms with van der Waals surface area (Å²) in [5.74, 6) is 1.28. The smallest absolute Gasteiger partial charge is 0.251 e. The minimum Gasteiger partial charge on any atom is -0.389 e. The molecule has 0 saturated heterocycles. The van der Waals surface area contributed by atoms with Crippen molar-refractivity contribution in [2.75, 3.05) is 39.9 Å². The van der Waals surface area contributed by atoms with Crippen LogP contribution in [-0.2, 0) is 11.2 Å². The van der Waals surface area contributed by atoms with Gasteiger partial charge >= 0.3 is 0 Å². The average molecular weight is 377 g/mol. The molecule has 4 N–H and O–H groups in total. The van der Waals surface area contributed by atoms with Gasteiger partial charge in [0.1, 0.15) is 0 Å². The second-order valence-electron chi connectivity index (χ2n) is 6.81. The Kier molecular flexibility index (Phi) is 9.07. The summed E-state index contributed by atoms with van der Waals surface area (Å²) in [7, 11) is 1.63. The van der Waals surface area contributed by atoms with Crippen molar-refractivity contribution in [3.63, 3.8) is 0 Å². The molecule has 0 bridgehead atoms. The van der Waals surface area contributed by atoms with E-state index in [1.807, 2.05) is 25.1 Å². The number of carbonyl (C=O) groups is 1. The Balaban J connectivity index is 1.74. The second-order valence-corrected chi connectivity index (χ2v) is 6.81. The van der Waals surface area contributed by atoms with Crippen molar-refractivity contribution in [3.8, 4) is 0 Å². The Bertz CT molecular complexity index is 617. The zero-order chi connectivity index (χ0) is 19.5. The first-order valence-electron chi connectivity index (χ1n) is 9.71. The molecule has 7 nitrogen and oxygen atoms in total. The van der Waals surface area contributed by atoms with Gasteiger partial charge < -0.3 is 25.8 Å². The fourth-order valence-electron chi connectivity index (χ4n) is 2.58. The van der Waals surface area contributed by atoms with Gasteiger partial charge in [0.15, 0.2) is 5.96 Å². The van der Waals surface area contributed by atoms with E-state index in [0.717, 1.165) is 25.1 Å². The molecule has 1 atom stereocenters. The fraction of sp³-hybridized carbons (Fsp3) is 0.600. The molecule has 1 amide bonds. The van der Waals surface area contributed by atoms with E-state index in [-0.39, 0.29) is 5.91 Å². The lowest BCUT2D eigenvalue weighted by Crippen LogP contribution is -2.39. The summed E-state index contributed by atoms with van der Waals surface area (Å²) < 4.78 is 5.50. The molecule has 2 rings (SSSR count). The molecule has 1 aromatic rings. The number of aliphatic imine (C=N–C) groups is 1. The molecule has 150 valence electrons. The summed E-state index contributed by atoms with van der Waals surface area (Å²) in [6.45, 7) is 4.79. The summed E-state index contributed by atoms with van der Waals surface area (Å²) in [5, 5.41) is 19.0. The van der Waals surface area contributed by atoms with E-state index >= 15 is 0 Å². The maximum atomic E-state index is 11.7. The summed E-state index contributed by atoms with van der Waals surface area (Å²) in [4.78, 5) is 16.1. The van der Waals surface area contributed by atoms with Crippen molar-refractivity contribution in [2.45, 2.75) is 32.3 Å². The van der Waals surface area contributed by atoms with Crippen molar-refractivity contribution in [1.29, 1.82) is 0 Å². The average Bonchev–Trinajstić information content (AvgIpc) is 3.50. The van der Waals surface area contributed by atoms with E-state index in [1.165, 1.54) is 12.8 Å². The molecule has 0 aromatic heterocycles. The van der Waals surface area contributed by atoms with Crippen LogP contribution in [0.3, 0.4) is 0 Å². The molecule has 27 heavy (non-hydrogen) atoms. The monoisotopic (exact) mass is 376 g/mol. The fourth-order valence-corrected chi connectivity index (χ4v) is 2.58. The van der Waals surface area contributed by atoms with Crippen molar-refractivity contribution in [1.82, 2.24) is 16.0 Å². The molecular formula is C20H32N4O3. The van der Waals surface area contributed by atoms with Gasteiger partial charge in [0, 0.05) is 32.3 Å². The van der Waals surface area contributed by atoms with Gasteiger partial charge in [0.2, 0.25) is 0 Å². The number of carbonyl (C=O) groups excluding carboxylic acids is 1. The van der Waals surface area contributed by atoms with Crippen LogP contribution < -0.4 is 16.0 Å². The molecule has 1 aliphatic carbocycles. The normalized spacial score (nSPS) is 15.3. The van der Waals surface area contributed by atoms with Crippen LogP contribution in [0.1, 0.15) is 35.7 Å². The van der Waals surface area contributed by atoms with E-state index in [0.29, 0.717) is 37.1 Å². The molecule has 1 saturated carbocycles. The van der Waals surface area contributed by atoms with Gasteiger partial charge in [-0.1, -0.05) is 12.1 Å². The van der Waals surface area contributed by atoms with Gasteiger partial charge in [-0.25, -0.2) is 0 Å². The molecule has 1 fully saturated rings. The zero-order valence-electron chi connectivity index (χ0n) is 16.3. The van der Waals surface area contributed by atoms with Crippen LogP contribution in [0, 0.1) is 5.92 Å². The van der Waals surface area contributed by atoms with Crippen molar-refractivity contribution in [2.24, 2.45) is 10.9 Å². The van der Waals surface area contributed by atoms with Gasteiger partial charge in [-0.2, -0.15) is 0 Å². The number of aliphatic hydroxyl groups is 1. The maximum Gasteiger partial charge on any atom is 0.251 e. The summed E-state index contributed by atoms with van der Waals surface area (Å²) in [6, 6.07) is 7.58. The quantitative estimate of drug-likeness (QED) is 0.340. The number of rotatable bonds is 11. The highest BCUT2D eigenvalue weighted by molar-refractivity contribution is 5.94. The van der Waals surface area contributed by atoms with Gasteiger partial charge in [-0.3, -0.25) is 9.79 Å². The number of nitrogens with zero attached hydrogens (tertiary/aromatic N) is 1. The minimum absolute atomic E-state index is 0.0856. The lowest BCUT2D eigenvalue weighted by Gasteiger charge is -2.13. The van der Waals surface area contributed by atoms with Crippen LogP contribution in [0.4, 0.5) is 0 Å². The molecule has 0 spiro atoms. The third-order valence-corrected chi connectivity index (χ3v) is 4.29. The summed E-state index contributed by atoms with van der Waals surface area (Å²) in [6.07, 6.45) is 2.66. The largest absolute Gasteiger partial charge is 0.389 e. The molecule has 0 aliphatic heterocycles. The Labute approximate surface area is 161 Å². The minimum atomic E-state index is -0.594. The standard InChI is InChI=1S/C20H32N4O3/c1-3-22-20(24-12-18(25)14-27-13-16-7-8-16)23-10-9-15-5-4-6-17(11-15)19(26)21-2/h4-6,11,16,18,25H,3,7-10,12-14H2,1-2H3,(H,21,26)(H2,22,23,24). The molecular weight excluding hydrogens is 344 g/mol. The number of guanidine groups is 1. The second kappa shape index (κ2) is 11.6. The Morgan fingerprint density at radius 1 is 1.37 bits per heavy atom. The highest BCUT2D eigenvalue weighted by Crippen LogP contribution is 2.28. The highest BCUT2D eigenvalue weighted by atomic mass is 16.5. The van der Waals surface area contributed by atoms with Gasteiger partial charge in [-0.15, -0.1) is 0 Å². The number of ether oxygens (including phenoxy) is 1. The molecule has 7 heteroatoms. The first kappa shape index (κ1) is 21.2. The highest BCUT2D eigenvalue weighted by Gasteiger charge is 2.21. The van der Waals surface area contributed by atoms with E-state index in [9.17, 15) is 9.90 Å². The lowest BCUT2D eigenvalue weighted by atomic mass is 10.1. The first-order chi connectivity index (χ1) is 13.1. The van der Waals surface area contributed by atoms with Crippen molar-refractivity contribution >= 4 is 11.9 Å². The van der Waals surface area contributed by atoms with Crippen LogP contribution in [0.15, 0.2) is 29.3 Å². The summed E-state index contributed by atoms with van der Waals surface area (Å²) in [5.41, 5.74) is 1.73. The SMILES string of the molecule is CCNC(=NCC(O)COCC1CC1)NCCc1cccc(C(=O)NC)c1. The Hall–Kier alpha value is -2.12. The van der Waals surface area contributed by atoms with Gasteiger partial charge in [-0.05, 0) is 49.8 Å². The van der Waals surface area contributed by atoms with Crippen LogP contribution >= 0.6 is 0 Å². The van der Waals surface area contributed by atoms with Crippen molar-refractivity contribution < 1.29 is 14.6 Å². The molecule has 1 aromatic carbocycles. The summed E-state index contributed by atoms with van der Waals surface area (Å²) >= 11 is 0. The molecule has 1 unspecified atom stereocenters. The number of aliphatic hydroxyl groups excluding tert-OH is 1. The predicted molar refractivity (Wildman–Crippen MR) is 107 cm³/mol. The number of hydrogen-bond acceptors (Lipinski definition) is 4. The van der Waals surface area contributed by atoms with Crippen LogP contribution in [0.5, 0.6) is 0 Å². The van der Waals surface area contributed by atoms with E-state index in [4.69, 9.17) is 4.74 Å². The third kappa shape index (κ3) is 8.41. The topological polar surface area (TPSA) is 95.0 Å². The molecule has 0 radical (unpaired) electrons. The van der Waals surface area contributed by atoms with Crippen LogP contribution in [0.25, 0.3) is 0 Å². The van der Waals surface area contributed by atoms with E-state index in [1.54, 1.807) is 13.1 Å². The number of hydrogen-bond donors (Lipinski definition) is 4. The Morgan fingerprint density at radius 2 is 2.19 bits per heavy atom. The van der Waals surface area contributed by atoms with Crippen LogP contribution in [0.2, 0.25) is 0 Å². The number of nitrogens with one attached hydrogen (secondary N) is 3. The lowest BCUT2D eigenvalue weighted by molar-refractivity contribution is 0.0368. The zero-order valence-corrected chi connectivity index (χ0v) is 16.3. The predicted octanol–water partition coefficient (Wildman–Crippen LogP) is 0.931. The van der Waals surface area contributed by atoms with E-state index in [2.05, 4.69) is 20.9 Å².